The van der Waals surface area contributed by atoms with E-state index >= 15 is 0 Å². The Morgan fingerprint density at radius 2 is 1.80 bits per heavy atom. The zero-order valence-electron chi connectivity index (χ0n) is 24.8. The molecule has 1 aliphatic carbocycles. The molecule has 5 N–H and O–H groups in total. The van der Waals surface area contributed by atoms with Crippen LogP contribution in [0, 0.1) is 6.92 Å². The lowest BCUT2D eigenvalue weighted by Gasteiger charge is -2.36. The molecule has 2 atom stereocenters. The summed E-state index contributed by atoms with van der Waals surface area (Å²) in [6.07, 6.45) is 6.35. The first-order chi connectivity index (χ1) is 18.8. The number of ether oxygens (including phenoxy) is 1. The van der Waals surface area contributed by atoms with Crippen LogP contribution >= 0.6 is 0 Å². The zero-order valence-corrected chi connectivity index (χ0v) is 24.8. The smallest absolute Gasteiger partial charge is 0.408 e. The lowest BCUT2D eigenvalue weighted by atomic mass is 9.94. The molecule has 1 fully saturated rings. The Bertz CT molecular complexity index is 1020. The number of carbonyl (C=O) groups excluding carboxylic acids is 4. The van der Waals surface area contributed by atoms with E-state index < -0.39 is 35.6 Å². The summed E-state index contributed by atoms with van der Waals surface area (Å²) >= 11 is 0. The van der Waals surface area contributed by atoms with Gasteiger partial charge in [-0.2, -0.15) is 0 Å². The molecule has 2 unspecified atom stereocenters. The Balaban J connectivity index is 2.50. The third-order valence-corrected chi connectivity index (χ3v) is 7.00. The number of primary amides is 1. The SMILES string of the molecule is CCCCCN(C(=O)C(CCC(N)=O)NC(=O)OC(C)(C)C)C(C(=O)NC1CCCCC1)c1ccc(O)c(C)c1. The Morgan fingerprint density at radius 1 is 1.12 bits per heavy atom. The van der Waals surface area contributed by atoms with E-state index in [1.165, 1.54) is 11.0 Å². The van der Waals surface area contributed by atoms with Gasteiger partial charge >= 0.3 is 6.09 Å². The second kappa shape index (κ2) is 15.5. The molecule has 0 saturated heterocycles. The molecule has 10 nitrogen and oxygen atoms in total. The second-order valence-corrected chi connectivity index (χ2v) is 11.7. The quantitative estimate of drug-likeness (QED) is 0.263. The van der Waals surface area contributed by atoms with Crippen molar-refractivity contribution in [3.05, 3.63) is 29.3 Å². The molecular formula is C30H48N4O6. The minimum atomic E-state index is -1.13. The summed E-state index contributed by atoms with van der Waals surface area (Å²) in [7, 11) is 0. The molecule has 0 bridgehead atoms. The molecule has 0 heterocycles. The van der Waals surface area contributed by atoms with Crippen LogP contribution in [-0.2, 0) is 19.1 Å². The molecule has 4 amide bonds. The summed E-state index contributed by atoms with van der Waals surface area (Å²) in [5.74, 6) is -1.34. The number of aromatic hydroxyl groups is 1. The van der Waals surface area contributed by atoms with E-state index in [4.69, 9.17) is 10.5 Å². The topological polar surface area (TPSA) is 151 Å². The molecular weight excluding hydrogens is 512 g/mol. The fourth-order valence-corrected chi connectivity index (χ4v) is 4.94. The third-order valence-electron chi connectivity index (χ3n) is 7.00. The van der Waals surface area contributed by atoms with Crippen molar-refractivity contribution in [2.24, 2.45) is 5.73 Å². The Hall–Kier alpha value is -3.30. The van der Waals surface area contributed by atoms with Crippen molar-refractivity contribution >= 4 is 23.8 Å². The summed E-state index contributed by atoms with van der Waals surface area (Å²) < 4.78 is 5.38. The van der Waals surface area contributed by atoms with Gasteiger partial charge < -0.3 is 31.1 Å². The predicted molar refractivity (Wildman–Crippen MR) is 153 cm³/mol. The first-order valence-electron chi connectivity index (χ1n) is 14.5. The van der Waals surface area contributed by atoms with Crippen LogP contribution in [0.4, 0.5) is 4.79 Å². The molecule has 0 aliphatic heterocycles. The Morgan fingerprint density at radius 3 is 2.38 bits per heavy atom. The number of rotatable bonds is 13. The molecule has 10 heteroatoms. The number of phenols is 1. The molecule has 40 heavy (non-hydrogen) atoms. The van der Waals surface area contributed by atoms with Gasteiger partial charge in [-0.05, 0) is 76.6 Å². The van der Waals surface area contributed by atoms with Gasteiger partial charge in [-0.3, -0.25) is 14.4 Å². The van der Waals surface area contributed by atoms with Crippen LogP contribution < -0.4 is 16.4 Å². The molecule has 1 aliphatic rings. The fraction of sp³-hybridized carbons (Fsp3) is 0.667. The van der Waals surface area contributed by atoms with Crippen LogP contribution in [0.2, 0.25) is 0 Å². The highest BCUT2D eigenvalue weighted by Crippen LogP contribution is 2.29. The molecule has 0 radical (unpaired) electrons. The number of hydrogen-bond acceptors (Lipinski definition) is 6. The summed E-state index contributed by atoms with van der Waals surface area (Å²) in [4.78, 5) is 53.9. The standard InChI is InChI=1S/C30H48N4O6/c1-6-7-11-18-34(28(38)23(15-17-25(31)36)33-29(39)40-30(3,4)5)26(21-14-16-24(35)20(2)19-21)27(37)32-22-12-9-8-10-13-22/h14,16,19,22-23,26,35H,6-13,15,17-18H2,1-5H3,(H2,31,36)(H,32,37)(H,33,39). The third kappa shape index (κ3) is 10.7. The number of aryl methyl sites for hydroxylation is 1. The van der Waals surface area contributed by atoms with Crippen LogP contribution in [0.3, 0.4) is 0 Å². The molecule has 0 aromatic heterocycles. The molecule has 1 aromatic carbocycles. The van der Waals surface area contributed by atoms with Crippen molar-refractivity contribution in [2.45, 2.75) is 123 Å². The van der Waals surface area contributed by atoms with Crippen LogP contribution in [0.5, 0.6) is 5.75 Å². The number of hydrogen-bond donors (Lipinski definition) is 4. The van der Waals surface area contributed by atoms with E-state index in [1.54, 1.807) is 39.8 Å². The van der Waals surface area contributed by atoms with Crippen molar-refractivity contribution in [3.63, 3.8) is 0 Å². The number of phenolic OH excluding ortho intramolecular Hbond substituents is 1. The average Bonchev–Trinajstić information content (AvgIpc) is 2.87. The number of amides is 4. The van der Waals surface area contributed by atoms with Gasteiger partial charge in [-0.25, -0.2) is 4.79 Å². The molecule has 224 valence electrons. The minimum Gasteiger partial charge on any atom is -0.508 e. The van der Waals surface area contributed by atoms with E-state index in [0.29, 0.717) is 17.5 Å². The summed E-state index contributed by atoms with van der Waals surface area (Å²) in [5, 5.41) is 15.9. The predicted octanol–water partition coefficient (Wildman–Crippen LogP) is 4.37. The van der Waals surface area contributed by atoms with Crippen LogP contribution in [0.1, 0.15) is 109 Å². The van der Waals surface area contributed by atoms with E-state index in [1.807, 2.05) is 6.92 Å². The first-order valence-corrected chi connectivity index (χ1v) is 14.5. The van der Waals surface area contributed by atoms with Crippen molar-refractivity contribution in [1.82, 2.24) is 15.5 Å². The van der Waals surface area contributed by atoms with Crippen LogP contribution in [-0.4, -0.2) is 58.1 Å². The van der Waals surface area contributed by atoms with E-state index in [2.05, 4.69) is 10.6 Å². The van der Waals surface area contributed by atoms with Crippen molar-refractivity contribution in [2.75, 3.05) is 6.54 Å². The summed E-state index contributed by atoms with van der Waals surface area (Å²) in [6.45, 7) is 9.17. The largest absolute Gasteiger partial charge is 0.508 e. The van der Waals surface area contributed by atoms with E-state index in [0.717, 1.165) is 44.9 Å². The van der Waals surface area contributed by atoms with Gasteiger partial charge in [-0.1, -0.05) is 45.1 Å². The maximum absolute atomic E-state index is 14.2. The van der Waals surface area contributed by atoms with E-state index in [9.17, 15) is 24.3 Å². The van der Waals surface area contributed by atoms with Gasteiger partial charge in [0.25, 0.3) is 0 Å². The fourth-order valence-electron chi connectivity index (χ4n) is 4.94. The highest BCUT2D eigenvalue weighted by Gasteiger charge is 2.37. The zero-order chi connectivity index (χ0) is 29.9. The Labute approximate surface area is 238 Å². The maximum Gasteiger partial charge on any atom is 0.408 e. The monoisotopic (exact) mass is 560 g/mol. The number of nitrogens with two attached hydrogens (primary N) is 1. The number of nitrogens with zero attached hydrogens (tertiary/aromatic N) is 1. The lowest BCUT2D eigenvalue weighted by Crippen LogP contribution is -2.54. The number of carbonyl (C=O) groups is 4. The normalized spacial score (nSPS) is 15.5. The summed E-state index contributed by atoms with van der Waals surface area (Å²) in [5.41, 5.74) is 5.72. The van der Waals surface area contributed by atoms with Crippen molar-refractivity contribution in [1.29, 1.82) is 0 Å². The summed E-state index contributed by atoms with van der Waals surface area (Å²) in [6, 6.07) is 2.76. The number of nitrogens with one attached hydrogen (secondary N) is 2. The highest BCUT2D eigenvalue weighted by atomic mass is 16.6. The molecule has 0 spiro atoms. The van der Waals surface area contributed by atoms with Gasteiger partial charge in [0.1, 0.15) is 23.4 Å². The van der Waals surface area contributed by atoms with Gasteiger partial charge in [0.05, 0.1) is 0 Å². The van der Waals surface area contributed by atoms with Gasteiger partial charge in [0.15, 0.2) is 0 Å². The first kappa shape index (κ1) is 32.9. The van der Waals surface area contributed by atoms with Crippen LogP contribution in [0.15, 0.2) is 18.2 Å². The van der Waals surface area contributed by atoms with Gasteiger partial charge in [-0.15, -0.1) is 0 Å². The molecule has 1 aromatic rings. The lowest BCUT2D eigenvalue weighted by molar-refractivity contribution is -0.143. The molecule has 2 rings (SSSR count). The number of unbranched alkanes of at least 4 members (excludes halogenated alkanes) is 2. The average molecular weight is 561 g/mol. The number of benzene rings is 1. The van der Waals surface area contributed by atoms with Crippen molar-refractivity contribution < 1.29 is 29.0 Å². The maximum atomic E-state index is 14.2. The van der Waals surface area contributed by atoms with Crippen LogP contribution in [0.25, 0.3) is 0 Å². The van der Waals surface area contributed by atoms with Crippen molar-refractivity contribution in [3.8, 4) is 5.75 Å². The Kier molecular flexibility index (Phi) is 12.7. The highest BCUT2D eigenvalue weighted by molar-refractivity contribution is 5.92. The number of alkyl carbamates (subject to hydrolysis) is 1. The second-order valence-electron chi connectivity index (χ2n) is 11.7. The van der Waals surface area contributed by atoms with E-state index in [-0.39, 0.29) is 37.1 Å². The molecule has 1 saturated carbocycles. The van der Waals surface area contributed by atoms with Gasteiger partial charge in [0.2, 0.25) is 17.7 Å². The minimum absolute atomic E-state index is 0.0140. The van der Waals surface area contributed by atoms with Gasteiger partial charge in [0, 0.05) is 19.0 Å².